The monoisotopic (exact) mass is 527 g/mol. The second-order valence-electron chi connectivity index (χ2n) is 8.09. The second kappa shape index (κ2) is 12.2. The highest BCUT2D eigenvalue weighted by Gasteiger charge is 2.27. The molecule has 3 N–H and O–H groups in total. The summed E-state index contributed by atoms with van der Waals surface area (Å²) >= 11 is 0. The van der Waals surface area contributed by atoms with E-state index in [4.69, 9.17) is 28.7 Å². The third-order valence-electron chi connectivity index (χ3n) is 5.03. The number of anilines is 2. The molecule has 14 nitrogen and oxygen atoms in total. The fourth-order valence-electron chi connectivity index (χ4n) is 3.34. The zero-order chi connectivity index (χ0) is 26.3. The number of rotatable bonds is 10. The molecule has 3 rings (SSSR count). The predicted octanol–water partition coefficient (Wildman–Crippen LogP) is 2.77. The van der Waals surface area contributed by atoms with Gasteiger partial charge in [0, 0.05) is 32.0 Å². The number of carbonyl (C=O) groups excluding carboxylic acids is 1. The van der Waals surface area contributed by atoms with Crippen LogP contribution in [0.1, 0.15) is 32.4 Å². The van der Waals surface area contributed by atoms with Crippen LogP contribution in [0.25, 0.3) is 0 Å². The van der Waals surface area contributed by atoms with E-state index in [1.54, 1.807) is 17.9 Å². The fourth-order valence-corrected chi connectivity index (χ4v) is 3.53. The Kier molecular flexibility index (Phi) is 9.26. The van der Waals surface area contributed by atoms with Gasteiger partial charge in [0.25, 0.3) is 5.88 Å². The summed E-state index contributed by atoms with van der Waals surface area (Å²) in [4.78, 5) is 43.9. The topological polar surface area (TPSA) is 175 Å². The number of pyridine rings is 1. The van der Waals surface area contributed by atoms with Crippen molar-refractivity contribution in [3.05, 3.63) is 24.2 Å². The third-order valence-corrected chi connectivity index (χ3v) is 5.47. The molecule has 15 heteroatoms. The minimum atomic E-state index is -4.64. The molecule has 1 amide bonds. The van der Waals surface area contributed by atoms with Crippen molar-refractivity contribution in [2.24, 2.45) is 0 Å². The van der Waals surface area contributed by atoms with E-state index in [1.165, 1.54) is 19.5 Å². The lowest BCUT2D eigenvalue weighted by atomic mass is 10.1. The minimum Gasteiger partial charge on any atom is -0.489 e. The van der Waals surface area contributed by atoms with Gasteiger partial charge in [-0.25, -0.2) is 23.9 Å². The van der Waals surface area contributed by atoms with E-state index in [0.717, 1.165) is 0 Å². The van der Waals surface area contributed by atoms with Gasteiger partial charge >= 0.3 is 13.9 Å². The van der Waals surface area contributed by atoms with Crippen molar-refractivity contribution in [2.75, 3.05) is 32.3 Å². The zero-order valence-corrected chi connectivity index (χ0v) is 21.3. The molecule has 1 saturated heterocycles. The largest absolute Gasteiger partial charge is 0.489 e. The number of aryl methyl sites for hydroxylation is 1. The predicted molar refractivity (Wildman–Crippen MR) is 126 cm³/mol. The molecule has 0 aromatic carbocycles. The lowest BCUT2D eigenvalue weighted by molar-refractivity contribution is 0.0500. The molecular formula is C21H30N5O9P. The Morgan fingerprint density at radius 3 is 2.58 bits per heavy atom. The van der Waals surface area contributed by atoms with Crippen LogP contribution in [0.3, 0.4) is 0 Å². The van der Waals surface area contributed by atoms with E-state index in [2.05, 4.69) is 24.8 Å². The molecule has 0 bridgehead atoms. The van der Waals surface area contributed by atoms with Crippen LogP contribution in [-0.2, 0) is 13.8 Å². The number of carbonyl (C=O) groups is 1. The number of phosphoric ester groups is 1. The van der Waals surface area contributed by atoms with Crippen LogP contribution < -0.4 is 19.5 Å². The molecule has 0 atom stereocenters. The van der Waals surface area contributed by atoms with Gasteiger partial charge in [0.15, 0.2) is 5.82 Å². The number of likely N-dealkylation sites (tertiary alicyclic amines) is 1. The SMILES string of the molecule is COc1c(Nc2ccc(OCOP(=O)(O)O)nc2C)ncnc1OC1CCN(C(=O)OC(C)C)CC1. The van der Waals surface area contributed by atoms with Gasteiger partial charge in [-0.05, 0) is 26.8 Å². The van der Waals surface area contributed by atoms with Gasteiger partial charge in [-0.15, -0.1) is 0 Å². The first-order valence-electron chi connectivity index (χ1n) is 11.1. The van der Waals surface area contributed by atoms with Gasteiger partial charge in [-0.1, -0.05) is 0 Å². The van der Waals surface area contributed by atoms with E-state index in [0.29, 0.717) is 48.9 Å². The molecule has 1 aliphatic heterocycles. The van der Waals surface area contributed by atoms with Gasteiger partial charge in [-0.2, -0.15) is 4.98 Å². The molecule has 198 valence electrons. The van der Waals surface area contributed by atoms with Gasteiger partial charge in [0.1, 0.15) is 12.4 Å². The quantitative estimate of drug-likeness (QED) is 0.304. The average molecular weight is 527 g/mol. The molecule has 3 heterocycles. The number of methoxy groups -OCH3 is 1. The van der Waals surface area contributed by atoms with E-state index in [9.17, 15) is 9.36 Å². The Hall–Kier alpha value is -3.19. The summed E-state index contributed by atoms with van der Waals surface area (Å²) in [5, 5.41) is 3.12. The summed E-state index contributed by atoms with van der Waals surface area (Å²) < 4.78 is 36.9. The first-order chi connectivity index (χ1) is 17.1. The lowest BCUT2D eigenvalue weighted by Crippen LogP contribution is -2.42. The molecule has 0 saturated carbocycles. The third kappa shape index (κ3) is 7.92. The summed E-state index contributed by atoms with van der Waals surface area (Å²) in [6.45, 7) is 5.70. The normalized spacial score (nSPS) is 14.5. The Bertz CT molecular complexity index is 1090. The van der Waals surface area contributed by atoms with E-state index in [1.807, 2.05) is 13.8 Å². The van der Waals surface area contributed by atoms with Crippen LogP contribution in [0.4, 0.5) is 16.3 Å². The number of hydrogen-bond acceptors (Lipinski definition) is 11. The van der Waals surface area contributed by atoms with Crippen LogP contribution >= 0.6 is 7.82 Å². The van der Waals surface area contributed by atoms with Crippen LogP contribution in [0.5, 0.6) is 17.5 Å². The number of ether oxygens (including phenoxy) is 4. The highest BCUT2D eigenvalue weighted by atomic mass is 31.2. The fraction of sp³-hybridized carbons (Fsp3) is 0.524. The first-order valence-corrected chi connectivity index (χ1v) is 12.7. The van der Waals surface area contributed by atoms with Crippen molar-refractivity contribution >= 4 is 25.4 Å². The van der Waals surface area contributed by atoms with E-state index >= 15 is 0 Å². The molecule has 2 aromatic rings. The van der Waals surface area contributed by atoms with Gasteiger partial charge < -0.3 is 39.0 Å². The summed E-state index contributed by atoms with van der Waals surface area (Å²) in [6.07, 6.45) is 1.89. The van der Waals surface area contributed by atoms with Crippen molar-refractivity contribution in [2.45, 2.75) is 45.8 Å². The number of amides is 1. The molecule has 0 aliphatic carbocycles. The molecule has 0 spiro atoms. The number of nitrogens with zero attached hydrogens (tertiary/aromatic N) is 4. The first kappa shape index (κ1) is 27.4. The number of aromatic nitrogens is 3. The minimum absolute atomic E-state index is 0.119. The van der Waals surface area contributed by atoms with Crippen molar-refractivity contribution < 1.29 is 42.6 Å². The number of nitrogens with one attached hydrogen (secondary N) is 1. The molecule has 0 radical (unpaired) electrons. The van der Waals surface area contributed by atoms with Crippen LogP contribution in [0, 0.1) is 6.92 Å². The highest BCUT2D eigenvalue weighted by Crippen LogP contribution is 2.36. The average Bonchev–Trinajstić information content (AvgIpc) is 2.80. The molecule has 1 aliphatic rings. The van der Waals surface area contributed by atoms with Crippen molar-refractivity contribution in [1.29, 1.82) is 0 Å². The van der Waals surface area contributed by atoms with Gasteiger partial charge in [0.05, 0.1) is 24.6 Å². The lowest BCUT2D eigenvalue weighted by Gasteiger charge is -2.31. The maximum absolute atomic E-state index is 12.1. The van der Waals surface area contributed by atoms with Gasteiger partial charge in [-0.3, -0.25) is 0 Å². The maximum Gasteiger partial charge on any atom is 0.472 e. The number of piperidine rings is 1. The number of phosphoric acid groups is 1. The summed E-state index contributed by atoms with van der Waals surface area (Å²) in [7, 11) is -3.16. The zero-order valence-electron chi connectivity index (χ0n) is 20.4. The Morgan fingerprint density at radius 1 is 1.25 bits per heavy atom. The highest BCUT2D eigenvalue weighted by molar-refractivity contribution is 7.46. The Labute approximate surface area is 208 Å². The number of hydrogen-bond donors (Lipinski definition) is 3. The molecule has 2 aromatic heterocycles. The summed E-state index contributed by atoms with van der Waals surface area (Å²) in [5.74, 6) is 1.03. The standard InChI is InChI=1S/C21H30N5O9P/c1-13(2)34-21(27)26-9-7-15(8-10-26)35-20-18(31-4)19(22-11-23-20)25-16-5-6-17(24-14(16)3)32-12-33-36(28,29)30/h5-6,11,13,15H,7-10,12H2,1-4H3,(H,22,23,25)(H2,28,29,30). The smallest absolute Gasteiger partial charge is 0.472 e. The van der Waals surface area contributed by atoms with Crippen molar-refractivity contribution in [3.63, 3.8) is 0 Å². The van der Waals surface area contributed by atoms with Crippen molar-refractivity contribution in [3.8, 4) is 17.5 Å². The van der Waals surface area contributed by atoms with E-state index in [-0.39, 0.29) is 30.1 Å². The molecule has 36 heavy (non-hydrogen) atoms. The van der Waals surface area contributed by atoms with Gasteiger partial charge in [0.2, 0.25) is 18.4 Å². The maximum atomic E-state index is 12.1. The second-order valence-corrected chi connectivity index (χ2v) is 9.33. The summed E-state index contributed by atoms with van der Waals surface area (Å²) in [6, 6.07) is 3.16. The molecular weight excluding hydrogens is 497 g/mol. The van der Waals surface area contributed by atoms with Crippen LogP contribution in [0.15, 0.2) is 18.5 Å². The van der Waals surface area contributed by atoms with Crippen LogP contribution in [0.2, 0.25) is 0 Å². The van der Waals surface area contributed by atoms with E-state index < -0.39 is 14.6 Å². The van der Waals surface area contributed by atoms with Crippen molar-refractivity contribution in [1.82, 2.24) is 19.9 Å². The molecule has 0 unspecified atom stereocenters. The molecule has 1 fully saturated rings. The Balaban J connectivity index is 1.63. The summed E-state index contributed by atoms with van der Waals surface area (Å²) in [5.41, 5.74) is 1.10. The Morgan fingerprint density at radius 2 is 1.97 bits per heavy atom. The van der Waals surface area contributed by atoms with Crippen LogP contribution in [-0.4, -0.2) is 74.9 Å².